The highest BCUT2D eigenvalue weighted by molar-refractivity contribution is 7.89. The van der Waals surface area contributed by atoms with Gasteiger partial charge in [0.2, 0.25) is 10.0 Å². The Morgan fingerprint density at radius 3 is 2.55 bits per heavy atom. The molecule has 1 aliphatic rings. The molecule has 1 N–H and O–H groups in total. The predicted molar refractivity (Wildman–Crippen MR) is 126 cm³/mol. The van der Waals surface area contributed by atoms with Gasteiger partial charge in [0.15, 0.2) is 10.9 Å². The van der Waals surface area contributed by atoms with Crippen LogP contribution in [0.2, 0.25) is 0 Å². The van der Waals surface area contributed by atoms with E-state index in [2.05, 4.69) is 20.4 Å². The summed E-state index contributed by atoms with van der Waals surface area (Å²) < 4.78 is 29.6. The Labute approximate surface area is 195 Å². The van der Waals surface area contributed by atoms with Gasteiger partial charge in [0.25, 0.3) is 5.91 Å². The number of amides is 1. The minimum absolute atomic E-state index is 0.252. The first kappa shape index (κ1) is 21.7. The van der Waals surface area contributed by atoms with Crippen molar-refractivity contribution >= 4 is 42.6 Å². The molecule has 0 atom stereocenters. The molecule has 33 heavy (non-hydrogen) atoms. The van der Waals surface area contributed by atoms with E-state index in [1.54, 1.807) is 35.0 Å². The zero-order valence-electron chi connectivity index (χ0n) is 18.1. The zero-order valence-corrected chi connectivity index (χ0v) is 19.8. The number of hydrogen-bond donors (Lipinski definition) is 1. The molecular formula is C22H22N6O3S2. The van der Waals surface area contributed by atoms with Gasteiger partial charge in [-0.2, -0.15) is 9.40 Å². The fourth-order valence-electron chi connectivity index (χ4n) is 3.87. The van der Waals surface area contributed by atoms with E-state index in [1.807, 2.05) is 19.9 Å². The van der Waals surface area contributed by atoms with E-state index < -0.39 is 10.0 Å². The average molecular weight is 483 g/mol. The molecule has 1 saturated heterocycles. The normalized spacial score (nSPS) is 14.7. The Morgan fingerprint density at radius 1 is 1.09 bits per heavy atom. The van der Waals surface area contributed by atoms with Crippen molar-refractivity contribution in [3.8, 4) is 5.82 Å². The van der Waals surface area contributed by atoms with Crippen molar-refractivity contribution in [1.29, 1.82) is 0 Å². The van der Waals surface area contributed by atoms with Crippen LogP contribution in [0.25, 0.3) is 16.0 Å². The molecule has 1 amide bonds. The van der Waals surface area contributed by atoms with Gasteiger partial charge >= 0.3 is 0 Å². The number of fused-ring (bicyclic) bond motifs is 1. The number of carbonyl (C=O) groups is 1. The van der Waals surface area contributed by atoms with Crippen LogP contribution in [0.15, 0.2) is 47.5 Å². The highest BCUT2D eigenvalue weighted by Crippen LogP contribution is 2.30. The van der Waals surface area contributed by atoms with Crippen molar-refractivity contribution in [3.05, 3.63) is 59.5 Å². The standard InChI is InChI=1S/C22H22N6O3S2/c1-14-11-15(2)28(26-14)20-8-5-16(13-23-20)21(29)25-22-24-18-7-6-17(12-19(18)32-22)33(30,31)27-9-3-4-10-27/h5-8,11-13H,3-4,9-10H2,1-2H3,(H,24,25,29). The second-order valence-electron chi connectivity index (χ2n) is 7.96. The number of benzene rings is 1. The first-order chi connectivity index (χ1) is 15.8. The Bertz CT molecular complexity index is 1450. The van der Waals surface area contributed by atoms with Gasteiger partial charge in [-0.15, -0.1) is 0 Å². The lowest BCUT2D eigenvalue weighted by molar-refractivity contribution is 0.102. The van der Waals surface area contributed by atoms with Gasteiger partial charge in [0, 0.05) is 25.0 Å². The Hall–Kier alpha value is -3.15. The van der Waals surface area contributed by atoms with Crippen molar-refractivity contribution in [1.82, 2.24) is 24.1 Å². The average Bonchev–Trinajstić information content (AvgIpc) is 3.53. The molecular weight excluding hydrogens is 460 g/mol. The SMILES string of the molecule is Cc1cc(C)n(-c2ccc(C(=O)Nc3nc4ccc(S(=O)(=O)N5CCCC5)cc4s3)cn2)n1. The Morgan fingerprint density at radius 2 is 1.88 bits per heavy atom. The monoisotopic (exact) mass is 482 g/mol. The number of rotatable bonds is 5. The summed E-state index contributed by atoms with van der Waals surface area (Å²) in [4.78, 5) is 21.7. The summed E-state index contributed by atoms with van der Waals surface area (Å²) in [5.41, 5.74) is 2.87. The van der Waals surface area contributed by atoms with E-state index in [4.69, 9.17) is 0 Å². The minimum Gasteiger partial charge on any atom is -0.298 e. The summed E-state index contributed by atoms with van der Waals surface area (Å²) in [7, 11) is -3.51. The maximum Gasteiger partial charge on any atom is 0.259 e. The summed E-state index contributed by atoms with van der Waals surface area (Å²) in [6.07, 6.45) is 3.26. The van der Waals surface area contributed by atoms with Crippen LogP contribution in [-0.2, 0) is 10.0 Å². The van der Waals surface area contributed by atoms with Crippen molar-refractivity contribution < 1.29 is 13.2 Å². The molecule has 1 fully saturated rings. The highest BCUT2D eigenvalue weighted by atomic mass is 32.2. The fourth-order valence-corrected chi connectivity index (χ4v) is 6.39. The van der Waals surface area contributed by atoms with E-state index in [0.29, 0.717) is 39.8 Å². The minimum atomic E-state index is -3.51. The van der Waals surface area contributed by atoms with Gasteiger partial charge in [-0.3, -0.25) is 10.1 Å². The molecule has 1 aliphatic heterocycles. The Kier molecular flexibility index (Phi) is 5.47. The van der Waals surface area contributed by atoms with Crippen LogP contribution in [-0.4, -0.2) is 51.5 Å². The number of pyridine rings is 1. The molecule has 170 valence electrons. The third-order valence-corrected chi connectivity index (χ3v) is 8.35. The smallest absolute Gasteiger partial charge is 0.259 e. The molecule has 0 bridgehead atoms. The number of anilines is 1. The predicted octanol–water partition coefficient (Wildman–Crippen LogP) is 3.53. The van der Waals surface area contributed by atoms with Crippen LogP contribution in [0.5, 0.6) is 0 Å². The number of aromatic nitrogens is 4. The second kappa shape index (κ2) is 8.32. The molecule has 3 aromatic heterocycles. The van der Waals surface area contributed by atoms with Crippen molar-refractivity contribution in [2.24, 2.45) is 0 Å². The van der Waals surface area contributed by atoms with Crippen LogP contribution in [0, 0.1) is 13.8 Å². The summed E-state index contributed by atoms with van der Waals surface area (Å²) in [5.74, 6) is 0.287. The summed E-state index contributed by atoms with van der Waals surface area (Å²) >= 11 is 1.24. The third-order valence-electron chi connectivity index (χ3n) is 5.52. The summed E-state index contributed by atoms with van der Waals surface area (Å²) in [6, 6.07) is 10.3. The highest BCUT2D eigenvalue weighted by Gasteiger charge is 2.27. The van der Waals surface area contributed by atoms with Crippen LogP contribution < -0.4 is 5.32 Å². The summed E-state index contributed by atoms with van der Waals surface area (Å²) in [6.45, 7) is 4.96. The molecule has 4 aromatic rings. The van der Waals surface area contributed by atoms with Gasteiger partial charge in [0.05, 0.1) is 26.4 Å². The molecule has 9 nitrogen and oxygen atoms in total. The lowest BCUT2D eigenvalue weighted by Crippen LogP contribution is -2.27. The number of aryl methyl sites for hydroxylation is 2. The number of carbonyl (C=O) groups excluding carboxylic acids is 1. The largest absolute Gasteiger partial charge is 0.298 e. The molecule has 0 radical (unpaired) electrons. The zero-order chi connectivity index (χ0) is 23.2. The number of thiazole rings is 1. The van der Waals surface area contributed by atoms with Gasteiger partial charge < -0.3 is 0 Å². The van der Waals surface area contributed by atoms with E-state index in [9.17, 15) is 13.2 Å². The molecule has 0 spiro atoms. The van der Waals surface area contributed by atoms with E-state index in [-0.39, 0.29) is 10.8 Å². The first-order valence-corrected chi connectivity index (χ1v) is 12.8. The second-order valence-corrected chi connectivity index (χ2v) is 10.9. The molecule has 5 rings (SSSR count). The first-order valence-electron chi connectivity index (χ1n) is 10.5. The molecule has 4 heterocycles. The van der Waals surface area contributed by atoms with E-state index in [1.165, 1.54) is 21.8 Å². The third kappa shape index (κ3) is 4.14. The number of nitrogens with zero attached hydrogens (tertiary/aromatic N) is 5. The quantitative estimate of drug-likeness (QED) is 0.466. The molecule has 0 saturated carbocycles. The lowest BCUT2D eigenvalue weighted by Gasteiger charge is -2.15. The number of sulfonamides is 1. The summed E-state index contributed by atoms with van der Waals surface area (Å²) in [5, 5.41) is 7.57. The van der Waals surface area contributed by atoms with Crippen LogP contribution in [0.3, 0.4) is 0 Å². The van der Waals surface area contributed by atoms with Crippen LogP contribution >= 0.6 is 11.3 Å². The molecule has 11 heteroatoms. The van der Waals surface area contributed by atoms with Gasteiger partial charge in [-0.05, 0) is 63.1 Å². The van der Waals surface area contributed by atoms with E-state index >= 15 is 0 Å². The van der Waals surface area contributed by atoms with Gasteiger partial charge in [-0.25, -0.2) is 23.1 Å². The molecule has 0 unspecified atom stereocenters. The fraction of sp³-hybridized carbons (Fsp3) is 0.273. The van der Waals surface area contributed by atoms with E-state index in [0.717, 1.165) is 24.2 Å². The van der Waals surface area contributed by atoms with Crippen molar-refractivity contribution in [3.63, 3.8) is 0 Å². The van der Waals surface area contributed by atoms with Gasteiger partial charge in [-0.1, -0.05) is 11.3 Å². The van der Waals surface area contributed by atoms with Gasteiger partial charge in [0.1, 0.15) is 0 Å². The maximum atomic E-state index is 12.8. The lowest BCUT2D eigenvalue weighted by atomic mass is 10.2. The van der Waals surface area contributed by atoms with Crippen LogP contribution in [0.4, 0.5) is 5.13 Å². The van der Waals surface area contributed by atoms with Crippen LogP contribution in [0.1, 0.15) is 34.6 Å². The number of nitrogens with one attached hydrogen (secondary N) is 1. The van der Waals surface area contributed by atoms with Crippen molar-refractivity contribution in [2.75, 3.05) is 18.4 Å². The molecule has 0 aliphatic carbocycles. The maximum absolute atomic E-state index is 12.8. The number of hydrogen-bond acceptors (Lipinski definition) is 7. The van der Waals surface area contributed by atoms with Crippen molar-refractivity contribution in [2.45, 2.75) is 31.6 Å². The Balaban J connectivity index is 1.34. The molecule has 1 aromatic carbocycles. The topological polar surface area (TPSA) is 110 Å².